The molecule has 2 fully saturated rings. The first kappa shape index (κ1) is 12.2. The minimum atomic E-state index is 0.815. The van der Waals surface area contributed by atoms with Gasteiger partial charge in [0, 0.05) is 4.88 Å². The van der Waals surface area contributed by atoms with Crippen LogP contribution in [-0.4, -0.2) is 13.1 Å². The first-order valence-electron chi connectivity index (χ1n) is 6.80. The van der Waals surface area contributed by atoms with Crippen molar-refractivity contribution in [2.75, 3.05) is 13.1 Å². The summed E-state index contributed by atoms with van der Waals surface area (Å²) in [4.78, 5) is 1.61. The van der Waals surface area contributed by atoms with E-state index in [9.17, 15) is 0 Å². The predicted octanol–water partition coefficient (Wildman–Crippen LogP) is 4.39. The van der Waals surface area contributed by atoms with Gasteiger partial charge in [0.15, 0.2) is 0 Å². The van der Waals surface area contributed by atoms with Crippen LogP contribution in [0.1, 0.15) is 42.9 Å². The maximum atomic E-state index is 3.61. The summed E-state index contributed by atoms with van der Waals surface area (Å²) in [5, 5.41) is 3.61. The number of rotatable bonds is 2. The van der Waals surface area contributed by atoms with Crippen molar-refractivity contribution >= 4 is 27.3 Å². The highest BCUT2D eigenvalue weighted by molar-refractivity contribution is 9.11. The van der Waals surface area contributed by atoms with Crippen molar-refractivity contribution in [2.24, 2.45) is 11.8 Å². The van der Waals surface area contributed by atoms with Crippen LogP contribution in [0.5, 0.6) is 0 Å². The van der Waals surface area contributed by atoms with Gasteiger partial charge in [0.05, 0.1) is 3.79 Å². The Morgan fingerprint density at radius 3 is 2.71 bits per heavy atom. The molecule has 3 rings (SSSR count). The second-order valence-electron chi connectivity index (χ2n) is 5.45. The fraction of sp³-hybridized carbons (Fsp3) is 0.714. The van der Waals surface area contributed by atoms with E-state index < -0.39 is 0 Å². The summed E-state index contributed by atoms with van der Waals surface area (Å²) in [5.41, 5.74) is 0. The van der Waals surface area contributed by atoms with Gasteiger partial charge in [-0.2, -0.15) is 0 Å². The van der Waals surface area contributed by atoms with Gasteiger partial charge in [0.25, 0.3) is 0 Å². The molecule has 0 spiro atoms. The number of halogens is 1. The van der Waals surface area contributed by atoms with Crippen LogP contribution in [0.25, 0.3) is 0 Å². The quantitative estimate of drug-likeness (QED) is 0.853. The lowest BCUT2D eigenvalue weighted by atomic mass is 9.76. The van der Waals surface area contributed by atoms with Crippen LogP contribution in [0.3, 0.4) is 0 Å². The Kier molecular flexibility index (Phi) is 3.88. The summed E-state index contributed by atoms with van der Waals surface area (Å²) in [7, 11) is 0. The molecule has 0 aromatic carbocycles. The molecule has 2 unspecified atom stereocenters. The number of nitrogens with one attached hydrogen (secondary N) is 1. The van der Waals surface area contributed by atoms with Gasteiger partial charge < -0.3 is 5.32 Å². The van der Waals surface area contributed by atoms with Crippen molar-refractivity contribution in [3.63, 3.8) is 0 Å². The summed E-state index contributed by atoms with van der Waals surface area (Å²) in [6.07, 6.45) is 7.18. The lowest BCUT2D eigenvalue weighted by molar-refractivity contribution is 0.233. The molecule has 1 nitrogen and oxygen atoms in total. The van der Waals surface area contributed by atoms with Crippen LogP contribution in [0.2, 0.25) is 0 Å². The first-order chi connectivity index (χ1) is 8.34. The molecule has 2 aliphatic rings. The van der Waals surface area contributed by atoms with E-state index in [1.807, 2.05) is 11.3 Å². The van der Waals surface area contributed by atoms with Gasteiger partial charge in [-0.25, -0.2) is 0 Å². The summed E-state index contributed by atoms with van der Waals surface area (Å²) < 4.78 is 1.29. The highest BCUT2D eigenvalue weighted by atomic mass is 79.9. The van der Waals surface area contributed by atoms with Crippen LogP contribution in [0.15, 0.2) is 15.9 Å². The molecule has 1 saturated carbocycles. The summed E-state index contributed by atoms with van der Waals surface area (Å²) in [6.45, 7) is 2.44. The van der Waals surface area contributed by atoms with E-state index in [0.29, 0.717) is 0 Å². The molecule has 1 N–H and O–H groups in total. The topological polar surface area (TPSA) is 12.0 Å². The zero-order valence-electron chi connectivity index (χ0n) is 10.1. The van der Waals surface area contributed by atoms with Gasteiger partial charge in [-0.3, -0.25) is 0 Å². The first-order valence-corrected chi connectivity index (χ1v) is 8.41. The highest BCUT2D eigenvalue weighted by Crippen LogP contribution is 2.44. The van der Waals surface area contributed by atoms with Crippen molar-refractivity contribution in [3.8, 4) is 0 Å². The van der Waals surface area contributed by atoms with Gasteiger partial charge in [0.1, 0.15) is 0 Å². The normalized spacial score (nSPS) is 30.9. The second-order valence-corrected chi connectivity index (χ2v) is 7.94. The van der Waals surface area contributed by atoms with Crippen molar-refractivity contribution in [2.45, 2.75) is 38.0 Å². The molecular weight excluding hydrogens is 294 g/mol. The number of thiophene rings is 1. The highest BCUT2D eigenvalue weighted by Gasteiger charge is 2.34. The van der Waals surface area contributed by atoms with E-state index in [2.05, 4.69) is 33.4 Å². The number of hydrogen-bond acceptors (Lipinski definition) is 2. The third kappa shape index (κ3) is 2.61. The van der Waals surface area contributed by atoms with E-state index in [1.54, 1.807) is 4.88 Å². The third-order valence-corrected chi connectivity index (χ3v) is 6.25. The van der Waals surface area contributed by atoms with Gasteiger partial charge in [-0.05, 0) is 65.3 Å². The zero-order chi connectivity index (χ0) is 11.7. The lowest BCUT2D eigenvalue weighted by Crippen LogP contribution is -2.38. The van der Waals surface area contributed by atoms with Crippen LogP contribution in [0.4, 0.5) is 0 Å². The van der Waals surface area contributed by atoms with Crippen molar-refractivity contribution in [1.82, 2.24) is 5.32 Å². The maximum Gasteiger partial charge on any atom is 0.0701 e. The van der Waals surface area contributed by atoms with Gasteiger partial charge in [-0.15, -0.1) is 11.3 Å². The SMILES string of the molecule is Brc1ccc(C2CCNCC2C2CCCC2)s1. The van der Waals surface area contributed by atoms with E-state index >= 15 is 0 Å². The Hall–Kier alpha value is 0.140. The van der Waals surface area contributed by atoms with Gasteiger partial charge in [-0.1, -0.05) is 25.7 Å². The molecule has 1 aliphatic heterocycles. The number of hydrogen-bond donors (Lipinski definition) is 1. The molecule has 1 aromatic heterocycles. The standard InChI is InChI=1S/C14H20BrNS/c15-14-6-5-13(17-14)11-7-8-16-9-12(11)10-3-1-2-4-10/h5-6,10-12,16H,1-4,7-9H2. The van der Waals surface area contributed by atoms with Gasteiger partial charge >= 0.3 is 0 Å². The van der Waals surface area contributed by atoms with Gasteiger partial charge in [0.2, 0.25) is 0 Å². The Labute approximate surface area is 116 Å². The molecule has 94 valence electrons. The third-order valence-electron chi connectivity index (χ3n) is 4.49. The molecule has 1 aliphatic carbocycles. The molecular formula is C14H20BrNS. The van der Waals surface area contributed by atoms with Crippen LogP contribution >= 0.6 is 27.3 Å². The minimum Gasteiger partial charge on any atom is -0.316 e. The van der Waals surface area contributed by atoms with Crippen molar-refractivity contribution in [3.05, 3.63) is 20.8 Å². The molecule has 0 amide bonds. The van der Waals surface area contributed by atoms with Crippen LogP contribution in [0, 0.1) is 11.8 Å². The molecule has 17 heavy (non-hydrogen) atoms. The van der Waals surface area contributed by atoms with E-state index in [1.165, 1.54) is 49.0 Å². The van der Waals surface area contributed by atoms with Crippen molar-refractivity contribution < 1.29 is 0 Å². The zero-order valence-corrected chi connectivity index (χ0v) is 12.5. The number of piperidine rings is 1. The smallest absolute Gasteiger partial charge is 0.0701 e. The molecule has 3 heteroatoms. The Balaban J connectivity index is 1.79. The lowest BCUT2D eigenvalue weighted by Gasteiger charge is -2.35. The summed E-state index contributed by atoms with van der Waals surface area (Å²) >= 11 is 5.55. The fourth-order valence-electron chi connectivity index (χ4n) is 3.64. The Morgan fingerprint density at radius 1 is 1.18 bits per heavy atom. The maximum absolute atomic E-state index is 3.61. The largest absolute Gasteiger partial charge is 0.316 e. The van der Waals surface area contributed by atoms with E-state index in [-0.39, 0.29) is 0 Å². The Morgan fingerprint density at radius 2 is 2.00 bits per heavy atom. The molecule has 0 radical (unpaired) electrons. The minimum absolute atomic E-state index is 0.815. The average molecular weight is 314 g/mol. The Bertz CT molecular complexity index is 370. The van der Waals surface area contributed by atoms with Crippen LogP contribution < -0.4 is 5.32 Å². The van der Waals surface area contributed by atoms with Crippen molar-refractivity contribution in [1.29, 1.82) is 0 Å². The fourth-order valence-corrected chi connectivity index (χ4v) is 5.28. The van der Waals surface area contributed by atoms with E-state index in [0.717, 1.165) is 17.8 Å². The van der Waals surface area contributed by atoms with Crippen LogP contribution in [-0.2, 0) is 0 Å². The molecule has 1 aromatic rings. The predicted molar refractivity (Wildman–Crippen MR) is 77.7 cm³/mol. The monoisotopic (exact) mass is 313 g/mol. The summed E-state index contributed by atoms with van der Waals surface area (Å²) in [6, 6.07) is 4.56. The summed E-state index contributed by atoms with van der Waals surface area (Å²) in [5.74, 6) is 2.68. The molecule has 2 heterocycles. The second kappa shape index (κ2) is 5.41. The van der Waals surface area contributed by atoms with E-state index in [4.69, 9.17) is 0 Å². The molecule has 0 bridgehead atoms. The molecule has 1 saturated heterocycles. The average Bonchev–Trinajstić information content (AvgIpc) is 3.00. The molecule has 2 atom stereocenters.